The molecule has 0 unspecified atom stereocenters. The standard InChI is InChI=1S/C16H20N2O2S/c1-4-13-8-9-14(10-15(13)17)21(19,20)18-16-7-5-6-11(2)12(16)3/h5-10,18H,4,17H2,1-3H3. The molecule has 3 N–H and O–H groups in total. The van der Waals surface area contributed by atoms with Gasteiger partial charge in [-0.3, -0.25) is 4.72 Å². The van der Waals surface area contributed by atoms with E-state index in [0.717, 1.165) is 23.1 Å². The molecule has 0 spiro atoms. The Labute approximate surface area is 126 Å². The van der Waals surface area contributed by atoms with Crippen molar-refractivity contribution in [2.75, 3.05) is 10.5 Å². The summed E-state index contributed by atoms with van der Waals surface area (Å²) < 4.78 is 27.5. The molecule has 0 amide bonds. The SMILES string of the molecule is CCc1ccc(S(=O)(=O)Nc2cccc(C)c2C)cc1N. The van der Waals surface area contributed by atoms with Gasteiger partial charge in [0.15, 0.2) is 0 Å². The smallest absolute Gasteiger partial charge is 0.261 e. The van der Waals surface area contributed by atoms with Crippen LogP contribution < -0.4 is 10.5 Å². The Morgan fingerprint density at radius 2 is 1.86 bits per heavy atom. The lowest BCUT2D eigenvalue weighted by atomic mass is 10.1. The van der Waals surface area contributed by atoms with Crippen molar-refractivity contribution >= 4 is 21.4 Å². The van der Waals surface area contributed by atoms with Gasteiger partial charge in [-0.1, -0.05) is 25.1 Å². The van der Waals surface area contributed by atoms with E-state index in [1.165, 1.54) is 6.07 Å². The zero-order valence-corrected chi connectivity index (χ0v) is 13.3. The largest absolute Gasteiger partial charge is 0.398 e. The van der Waals surface area contributed by atoms with E-state index < -0.39 is 10.0 Å². The maximum Gasteiger partial charge on any atom is 0.261 e. The Hall–Kier alpha value is -2.01. The number of nitrogens with two attached hydrogens (primary N) is 1. The van der Waals surface area contributed by atoms with Crippen LogP contribution >= 0.6 is 0 Å². The molecule has 0 aliphatic heterocycles. The molecule has 0 bridgehead atoms. The summed E-state index contributed by atoms with van der Waals surface area (Å²) in [6, 6.07) is 10.4. The van der Waals surface area contributed by atoms with Gasteiger partial charge < -0.3 is 5.73 Å². The molecule has 0 saturated heterocycles. The Balaban J connectivity index is 2.39. The van der Waals surface area contributed by atoms with E-state index in [0.29, 0.717) is 11.4 Å². The zero-order valence-electron chi connectivity index (χ0n) is 12.5. The third kappa shape index (κ3) is 3.19. The van der Waals surface area contributed by atoms with Crippen LogP contribution in [0.4, 0.5) is 11.4 Å². The van der Waals surface area contributed by atoms with Crippen LogP contribution in [0.1, 0.15) is 23.6 Å². The van der Waals surface area contributed by atoms with Crippen LogP contribution in [0.2, 0.25) is 0 Å². The number of hydrogen-bond donors (Lipinski definition) is 2. The van der Waals surface area contributed by atoms with E-state index in [2.05, 4.69) is 4.72 Å². The molecule has 21 heavy (non-hydrogen) atoms. The summed E-state index contributed by atoms with van der Waals surface area (Å²) in [4.78, 5) is 0.179. The second kappa shape index (κ2) is 5.77. The van der Waals surface area contributed by atoms with Crippen LogP contribution in [0.15, 0.2) is 41.3 Å². The lowest BCUT2D eigenvalue weighted by molar-refractivity contribution is 0.601. The first-order chi connectivity index (χ1) is 9.85. The fourth-order valence-electron chi connectivity index (χ4n) is 2.13. The van der Waals surface area contributed by atoms with Gasteiger partial charge in [0.1, 0.15) is 0 Å². The number of benzene rings is 2. The van der Waals surface area contributed by atoms with E-state index >= 15 is 0 Å². The van der Waals surface area contributed by atoms with Crippen molar-refractivity contribution in [3.63, 3.8) is 0 Å². The minimum absolute atomic E-state index is 0.179. The quantitative estimate of drug-likeness (QED) is 0.852. The van der Waals surface area contributed by atoms with Crippen molar-refractivity contribution in [2.24, 2.45) is 0 Å². The van der Waals surface area contributed by atoms with Crippen molar-refractivity contribution in [3.05, 3.63) is 53.1 Å². The van der Waals surface area contributed by atoms with Gasteiger partial charge in [-0.05, 0) is 55.2 Å². The van der Waals surface area contributed by atoms with Crippen molar-refractivity contribution in [1.82, 2.24) is 0 Å². The van der Waals surface area contributed by atoms with E-state index in [4.69, 9.17) is 5.73 Å². The molecule has 0 aliphatic rings. The van der Waals surface area contributed by atoms with Crippen LogP contribution in [0.5, 0.6) is 0 Å². The number of hydrogen-bond acceptors (Lipinski definition) is 3. The van der Waals surface area contributed by atoms with Gasteiger partial charge >= 0.3 is 0 Å². The highest BCUT2D eigenvalue weighted by Crippen LogP contribution is 2.24. The molecule has 4 nitrogen and oxygen atoms in total. The number of sulfonamides is 1. The van der Waals surface area contributed by atoms with Crippen LogP contribution in [-0.2, 0) is 16.4 Å². The summed E-state index contributed by atoms with van der Waals surface area (Å²) in [5.74, 6) is 0. The Bertz CT molecular complexity index is 768. The van der Waals surface area contributed by atoms with Gasteiger partial charge in [0, 0.05) is 5.69 Å². The normalized spacial score (nSPS) is 11.4. The van der Waals surface area contributed by atoms with Gasteiger partial charge in [0.2, 0.25) is 0 Å². The minimum Gasteiger partial charge on any atom is -0.398 e. The fourth-order valence-corrected chi connectivity index (χ4v) is 3.29. The number of nitrogens with one attached hydrogen (secondary N) is 1. The minimum atomic E-state index is -3.63. The van der Waals surface area contributed by atoms with Crippen LogP contribution in [-0.4, -0.2) is 8.42 Å². The summed E-state index contributed by atoms with van der Waals surface area (Å²) in [5.41, 5.74) is 9.87. The summed E-state index contributed by atoms with van der Waals surface area (Å²) in [5, 5.41) is 0. The predicted molar refractivity (Wildman–Crippen MR) is 87.0 cm³/mol. The highest BCUT2D eigenvalue weighted by atomic mass is 32.2. The molecule has 0 radical (unpaired) electrons. The lowest BCUT2D eigenvalue weighted by Crippen LogP contribution is -2.14. The van der Waals surface area contributed by atoms with Crippen molar-refractivity contribution in [2.45, 2.75) is 32.1 Å². The summed E-state index contributed by atoms with van der Waals surface area (Å²) in [7, 11) is -3.63. The maximum atomic E-state index is 12.5. The van der Waals surface area contributed by atoms with Crippen LogP contribution in [0.3, 0.4) is 0 Å². The van der Waals surface area contributed by atoms with E-state index in [1.54, 1.807) is 18.2 Å². The molecule has 0 aromatic heterocycles. The lowest BCUT2D eigenvalue weighted by Gasteiger charge is -2.13. The van der Waals surface area contributed by atoms with Gasteiger partial charge in [-0.25, -0.2) is 8.42 Å². The highest BCUT2D eigenvalue weighted by molar-refractivity contribution is 7.92. The van der Waals surface area contributed by atoms with Crippen molar-refractivity contribution < 1.29 is 8.42 Å². The van der Waals surface area contributed by atoms with Gasteiger partial charge in [0.25, 0.3) is 10.0 Å². The first-order valence-electron chi connectivity index (χ1n) is 6.82. The molecular formula is C16H20N2O2S. The molecule has 2 rings (SSSR count). The fraction of sp³-hybridized carbons (Fsp3) is 0.250. The number of nitrogen functional groups attached to an aromatic ring is 1. The zero-order chi connectivity index (χ0) is 15.6. The highest BCUT2D eigenvalue weighted by Gasteiger charge is 2.16. The summed E-state index contributed by atoms with van der Waals surface area (Å²) >= 11 is 0. The first kappa shape index (κ1) is 15.4. The van der Waals surface area contributed by atoms with Crippen molar-refractivity contribution in [1.29, 1.82) is 0 Å². The average Bonchev–Trinajstić information content (AvgIpc) is 2.43. The van der Waals surface area contributed by atoms with Gasteiger partial charge in [0.05, 0.1) is 10.6 Å². The average molecular weight is 304 g/mol. The molecule has 2 aromatic carbocycles. The molecule has 0 saturated carbocycles. The van der Waals surface area contributed by atoms with Gasteiger partial charge in [-0.2, -0.15) is 0 Å². The van der Waals surface area contributed by atoms with Crippen molar-refractivity contribution in [3.8, 4) is 0 Å². The number of anilines is 2. The number of rotatable bonds is 4. The van der Waals surface area contributed by atoms with E-state index in [1.807, 2.05) is 32.9 Å². The van der Waals surface area contributed by atoms with E-state index in [9.17, 15) is 8.42 Å². The Morgan fingerprint density at radius 3 is 2.48 bits per heavy atom. The van der Waals surface area contributed by atoms with Gasteiger partial charge in [-0.15, -0.1) is 0 Å². The Morgan fingerprint density at radius 1 is 1.14 bits per heavy atom. The monoisotopic (exact) mass is 304 g/mol. The molecule has 0 atom stereocenters. The predicted octanol–water partition coefficient (Wildman–Crippen LogP) is 3.25. The Kier molecular flexibility index (Phi) is 4.23. The molecule has 5 heteroatoms. The second-order valence-electron chi connectivity index (χ2n) is 5.07. The summed E-state index contributed by atoms with van der Waals surface area (Å²) in [6.45, 7) is 5.82. The second-order valence-corrected chi connectivity index (χ2v) is 6.75. The molecule has 2 aromatic rings. The topological polar surface area (TPSA) is 72.2 Å². The third-order valence-corrected chi connectivity index (χ3v) is 5.02. The molecule has 0 heterocycles. The molecule has 0 aliphatic carbocycles. The molecule has 112 valence electrons. The molecular weight excluding hydrogens is 284 g/mol. The first-order valence-corrected chi connectivity index (χ1v) is 8.31. The summed E-state index contributed by atoms with van der Waals surface area (Å²) in [6.07, 6.45) is 0.774. The van der Waals surface area contributed by atoms with Crippen LogP contribution in [0.25, 0.3) is 0 Å². The molecule has 0 fully saturated rings. The van der Waals surface area contributed by atoms with Crippen LogP contribution in [0, 0.1) is 13.8 Å². The maximum absolute atomic E-state index is 12.5. The third-order valence-electron chi connectivity index (χ3n) is 3.66. The van der Waals surface area contributed by atoms with E-state index in [-0.39, 0.29) is 4.90 Å². The number of aryl methyl sites for hydroxylation is 2.